The first-order chi connectivity index (χ1) is 8.24. The quantitative estimate of drug-likeness (QED) is 0.763. The van der Waals surface area contributed by atoms with Crippen molar-refractivity contribution in [1.29, 1.82) is 0 Å². The fraction of sp³-hybridized carbons (Fsp3) is 0.286. The summed E-state index contributed by atoms with van der Waals surface area (Å²) in [5, 5.41) is 0.352. The summed E-state index contributed by atoms with van der Waals surface area (Å²) in [4.78, 5) is 0. The van der Waals surface area contributed by atoms with Crippen molar-refractivity contribution in [2.45, 2.75) is 19.8 Å². The molecule has 0 bridgehead atoms. The Balaban J connectivity index is 2.48. The van der Waals surface area contributed by atoms with Crippen molar-refractivity contribution < 1.29 is 9.13 Å². The highest BCUT2D eigenvalue weighted by Gasteiger charge is 2.15. The van der Waals surface area contributed by atoms with Gasteiger partial charge in [-0.15, -0.1) is 0 Å². The molecular formula is C14H14ClFO. The summed E-state index contributed by atoms with van der Waals surface area (Å²) in [5.74, 6) is 0.224. The summed E-state index contributed by atoms with van der Waals surface area (Å²) in [6.07, 6.45) is 7.84. The number of benzene rings is 1. The van der Waals surface area contributed by atoms with Gasteiger partial charge in [0.25, 0.3) is 0 Å². The molecule has 0 atom stereocenters. The molecule has 0 aromatic heterocycles. The van der Waals surface area contributed by atoms with Crippen LogP contribution in [0.3, 0.4) is 0 Å². The molecule has 1 aromatic carbocycles. The molecule has 0 unspecified atom stereocenters. The normalized spacial score (nSPS) is 14.6. The zero-order valence-corrected chi connectivity index (χ0v) is 10.4. The first-order valence-electron chi connectivity index (χ1n) is 5.72. The van der Waals surface area contributed by atoms with E-state index in [1.807, 2.05) is 25.2 Å². The van der Waals surface area contributed by atoms with E-state index < -0.39 is 0 Å². The van der Waals surface area contributed by atoms with Crippen LogP contribution in [-0.4, -0.2) is 6.61 Å². The molecule has 0 N–H and O–H groups in total. The third kappa shape index (κ3) is 2.52. The van der Waals surface area contributed by atoms with Gasteiger partial charge in [0.2, 0.25) is 0 Å². The van der Waals surface area contributed by atoms with Gasteiger partial charge in [0, 0.05) is 5.56 Å². The minimum absolute atomic E-state index is 0.309. The summed E-state index contributed by atoms with van der Waals surface area (Å²) in [6.45, 7) is 2.39. The Morgan fingerprint density at radius 3 is 2.82 bits per heavy atom. The van der Waals surface area contributed by atoms with Crippen molar-refractivity contribution in [1.82, 2.24) is 0 Å². The Bertz CT molecular complexity index is 477. The van der Waals surface area contributed by atoms with Crippen LogP contribution in [0.1, 0.15) is 25.3 Å². The zero-order chi connectivity index (χ0) is 12.3. The second-order valence-corrected chi connectivity index (χ2v) is 4.18. The molecular weight excluding hydrogens is 239 g/mol. The van der Waals surface area contributed by atoms with E-state index in [-0.39, 0.29) is 5.82 Å². The molecule has 0 fully saturated rings. The lowest BCUT2D eigenvalue weighted by atomic mass is 9.99. The molecule has 1 aliphatic rings. The van der Waals surface area contributed by atoms with Gasteiger partial charge in [-0.3, -0.25) is 0 Å². The molecule has 0 spiro atoms. The van der Waals surface area contributed by atoms with E-state index in [1.54, 1.807) is 6.07 Å². The zero-order valence-electron chi connectivity index (χ0n) is 9.67. The summed E-state index contributed by atoms with van der Waals surface area (Å²) in [5.41, 5.74) is 1.27. The highest BCUT2D eigenvalue weighted by atomic mass is 35.5. The van der Waals surface area contributed by atoms with E-state index in [4.69, 9.17) is 16.3 Å². The molecule has 1 nitrogen and oxygen atoms in total. The van der Waals surface area contributed by atoms with Gasteiger partial charge in [-0.05, 0) is 37.5 Å². The molecule has 17 heavy (non-hydrogen) atoms. The highest BCUT2D eigenvalue weighted by molar-refractivity contribution is 6.34. The van der Waals surface area contributed by atoms with Crippen LogP contribution in [0, 0.1) is 5.82 Å². The lowest BCUT2D eigenvalue weighted by Crippen LogP contribution is -1.98. The molecule has 0 amide bonds. The molecule has 0 saturated carbocycles. The predicted octanol–water partition coefficient (Wildman–Crippen LogP) is 4.61. The fourth-order valence-corrected chi connectivity index (χ4v) is 2.18. The molecule has 3 heteroatoms. The molecule has 1 aliphatic carbocycles. The lowest BCUT2D eigenvalue weighted by molar-refractivity contribution is 0.339. The maximum Gasteiger partial charge on any atom is 0.138 e. The number of hydrogen-bond donors (Lipinski definition) is 0. The lowest BCUT2D eigenvalue weighted by Gasteiger charge is -2.13. The maximum atomic E-state index is 13.8. The Morgan fingerprint density at radius 2 is 2.18 bits per heavy atom. The monoisotopic (exact) mass is 252 g/mol. The standard InChI is InChI=1S/C14H14ClFO/c1-2-17-12-9-8-11(16)13(14(12)15)10-6-4-3-5-7-10/h4,6-9H,2-3,5H2,1H3. The van der Waals surface area contributed by atoms with Gasteiger partial charge >= 0.3 is 0 Å². The predicted molar refractivity (Wildman–Crippen MR) is 68.9 cm³/mol. The number of rotatable bonds is 3. The van der Waals surface area contributed by atoms with Crippen LogP contribution >= 0.6 is 11.6 Å². The summed E-state index contributed by atoms with van der Waals surface area (Å²) >= 11 is 6.19. The third-order valence-corrected chi connectivity index (χ3v) is 3.01. The first kappa shape index (κ1) is 12.2. The van der Waals surface area contributed by atoms with Crippen molar-refractivity contribution in [2.75, 3.05) is 6.61 Å². The van der Waals surface area contributed by atoms with Gasteiger partial charge in [0.15, 0.2) is 0 Å². The van der Waals surface area contributed by atoms with E-state index in [9.17, 15) is 4.39 Å². The largest absolute Gasteiger partial charge is 0.492 e. The van der Waals surface area contributed by atoms with Crippen molar-refractivity contribution >= 4 is 17.2 Å². The average molecular weight is 253 g/mol. The van der Waals surface area contributed by atoms with Crippen LogP contribution in [0.2, 0.25) is 5.02 Å². The minimum Gasteiger partial charge on any atom is -0.492 e. The Kier molecular flexibility index (Phi) is 3.85. The van der Waals surface area contributed by atoms with Crippen molar-refractivity contribution in [3.05, 3.63) is 46.8 Å². The number of hydrogen-bond acceptors (Lipinski definition) is 1. The molecule has 1 aromatic rings. The van der Waals surface area contributed by atoms with Crippen LogP contribution in [0.15, 0.2) is 30.4 Å². The molecule has 0 heterocycles. The van der Waals surface area contributed by atoms with Gasteiger partial charge in [0.1, 0.15) is 11.6 Å². The van der Waals surface area contributed by atoms with E-state index >= 15 is 0 Å². The Labute approximate surface area is 106 Å². The van der Waals surface area contributed by atoms with Gasteiger partial charge in [-0.1, -0.05) is 29.8 Å². The second-order valence-electron chi connectivity index (χ2n) is 3.81. The van der Waals surface area contributed by atoms with E-state index in [2.05, 4.69) is 0 Å². The van der Waals surface area contributed by atoms with Gasteiger partial charge < -0.3 is 4.74 Å². The highest BCUT2D eigenvalue weighted by Crippen LogP contribution is 2.36. The topological polar surface area (TPSA) is 9.23 Å². The van der Waals surface area contributed by atoms with E-state index in [0.29, 0.717) is 22.9 Å². The van der Waals surface area contributed by atoms with Crippen LogP contribution in [0.25, 0.3) is 5.57 Å². The summed E-state index contributed by atoms with van der Waals surface area (Å²) < 4.78 is 19.2. The average Bonchev–Trinajstić information content (AvgIpc) is 2.35. The third-order valence-electron chi connectivity index (χ3n) is 2.64. The summed E-state index contributed by atoms with van der Waals surface area (Å²) in [6, 6.07) is 2.97. The first-order valence-corrected chi connectivity index (χ1v) is 6.09. The second kappa shape index (κ2) is 5.37. The van der Waals surface area contributed by atoms with Crippen LogP contribution in [0.5, 0.6) is 5.75 Å². The molecule has 0 aliphatic heterocycles. The van der Waals surface area contributed by atoms with Gasteiger partial charge in [-0.25, -0.2) is 4.39 Å². The van der Waals surface area contributed by atoms with Crippen LogP contribution in [-0.2, 0) is 0 Å². The van der Waals surface area contributed by atoms with Crippen LogP contribution in [0.4, 0.5) is 4.39 Å². The fourth-order valence-electron chi connectivity index (χ4n) is 1.86. The summed E-state index contributed by atoms with van der Waals surface area (Å²) in [7, 11) is 0. The van der Waals surface area contributed by atoms with E-state index in [1.165, 1.54) is 6.07 Å². The smallest absolute Gasteiger partial charge is 0.138 e. The SMILES string of the molecule is CCOc1ccc(F)c(C2=CCCC=C2)c1Cl. The van der Waals surface area contributed by atoms with Crippen molar-refractivity contribution in [3.63, 3.8) is 0 Å². The Morgan fingerprint density at radius 1 is 1.35 bits per heavy atom. The minimum atomic E-state index is -0.309. The molecule has 0 radical (unpaired) electrons. The number of allylic oxidation sites excluding steroid dienone is 4. The van der Waals surface area contributed by atoms with Crippen molar-refractivity contribution in [3.8, 4) is 5.75 Å². The Hall–Kier alpha value is -1.28. The number of ether oxygens (including phenoxy) is 1. The van der Waals surface area contributed by atoms with Crippen LogP contribution < -0.4 is 4.74 Å². The van der Waals surface area contributed by atoms with E-state index in [0.717, 1.165) is 18.4 Å². The van der Waals surface area contributed by atoms with Crippen molar-refractivity contribution in [2.24, 2.45) is 0 Å². The van der Waals surface area contributed by atoms with Gasteiger partial charge in [0.05, 0.1) is 11.6 Å². The molecule has 2 rings (SSSR count). The number of halogens is 2. The molecule has 0 saturated heterocycles. The maximum absolute atomic E-state index is 13.8. The van der Waals surface area contributed by atoms with Gasteiger partial charge in [-0.2, -0.15) is 0 Å². The molecule has 90 valence electrons.